The zero-order valence-corrected chi connectivity index (χ0v) is 15.6. The monoisotopic (exact) mass is 382 g/mol. The first-order chi connectivity index (χ1) is 14.8. The second kappa shape index (κ2) is 4.69. The van der Waals surface area contributed by atoms with E-state index in [0.29, 0.717) is 5.56 Å². The Hall–Kier alpha value is -4.17. The third-order valence-electron chi connectivity index (χ3n) is 6.69. The molecular formula is C25H11BN2O2. The van der Waals surface area contributed by atoms with Gasteiger partial charge in [0.15, 0.2) is 0 Å². The molecule has 0 amide bonds. The van der Waals surface area contributed by atoms with E-state index in [2.05, 4.69) is 34.9 Å². The zero-order chi connectivity index (χ0) is 19.6. The summed E-state index contributed by atoms with van der Waals surface area (Å²) in [4.78, 5) is 0. The van der Waals surface area contributed by atoms with Crippen molar-refractivity contribution in [2.24, 2.45) is 0 Å². The van der Waals surface area contributed by atoms with Gasteiger partial charge in [-0.3, -0.25) is 0 Å². The van der Waals surface area contributed by atoms with E-state index in [1.165, 1.54) is 0 Å². The van der Waals surface area contributed by atoms with E-state index in [0.717, 1.165) is 66.9 Å². The van der Waals surface area contributed by atoms with Gasteiger partial charge in [0.25, 0.3) is 6.71 Å². The number of rotatable bonds is 0. The van der Waals surface area contributed by atoms with Crippen molar-refractivity contribution in [1.29, 1.82) is 5.26 Å². The molecule has 0 unspecified atom stereocenters. The normalized spacial score (nSPS) is 13.8. The highest BCUT2D eigenvalue weighted by Gasteiger charge is 2.46. The van der Waals surface area contributed by atoms with Crippen LogP contribution in [0.3, 0.4) is 0 Å². The fourth-order valence-corrected chi connectivity index (χ4v) is 5.62. The molecule has 136 valence electrons. The molecule has 30 heavy (non-hydrogen) atoms. The maximum absolute atomic E-state index is 9.86. The van der Waals surface area contributed by atoms with E-state index >= 15 is 0 Å². The molecule has 5 heteroatoms. The van der Waals surface area contributed by atoms with Crippen molar-refractivity contribution in [3.63, 3.8) is 0 Å². The van der Waals surface area contributed by atoms with Crippen LogP contribution in [0.15, 0.2) is 66.7 Å². The molecule has 3 aliphatic heterocycles. The summed E-state index contributed by atoms with van der Waals surface area (Å²) in [5.41, 5.74) is 7.22. The van der Waals surface area contributed by atoms with Gasteiger partial charge in [-0.25, -0.2) is 0 Å². The second-order valence-electron chi connectivity index (χ2n) is 8.02. The molecule has 0 saturated carbocycles. The van der Waals surface area contributed by atoms with Crippen LogP contribution < -0.4 is 25.9 Å². The Morgan fingerprint density at radius 3 is 2.13 bits per heavy atom. The minimum absolute atomic E-state index is 0.0611. The van der Waals surface area contributed by atoms with Crippen molar-refractivity contribution in [3.8, 4) is 34.8 Å². The van der Waals surface area contributed by atoms with Crippen LogP contribution >= 0.6 is 0 Å². The van der Waals surface area contributed by atoms with E-state index in [1.807, 2.05) is 42.5 Å². The van der Waals surface area contributed by atoms with Gasteiger partial charge in [0, 0.05) is 21.9 Å². The summed E-state index contributed by atoms with van der Waals surface area (Å²) < 4.78 is 14.9. The summed E-state index contributed by atoms with van der Waals surface area (Å²) in [7, 11) is 0. The number of fused-ring (bicyclic) bond motifs is 4. The van der Waals surface area contributed by atoms with E-state index in [9.17, 15) is 5.26 Å². The summed E-state index contributed by atoms with van der Waals surface area (Å²) in [6, 6.07) is 24.7. The minimum Gasteiger partial charge on any atom is -0.458 e. The SMILES string of the molecule is N#Cc1cccc2c3ccc4c5c3n(c12)-c1cccc2c1B5c1c(cccc1O4)O2. The lowest BCUT2D eigenvalue weighted by Gasteiger charge is -2.37. The summed E-state index contributed by atoms with van der Waals surface area (Å²) in [6.45, 7) is 0.0611. The summed E-state index contributed by atoms with van der Waals surface area (Å²) in [5, 5.41) is 12.1. The summed E-state index contributed by atoms with van der Waals surface area (Å²) >= 11 is 0. The molecule has 8 rings (SSSR count). The first-order valence-corrected chi connectivity index (χ1v) is 9.97. The van der Waals surface area contributed by atoms with Gasteiger partial charge >= 0.3 is 0 Å². The summed E-state index contributed by atoms with van der Waals surface area (Å²) in [5.74, 6) is 3.45. The number of hydrogen-bond acceptors (Lipinski definition) is 3. The molecule has 3 aliphatic rings. The quantitative estimate of drug-likeness (QED) is 0.376. The van der Waals surface area contributed by atoms with Gasteiger partial charge in [-0.15, -0.1) is 0 Å². The zero-order valence-electron chi connectivity index (χ0n) is 15.6. The predicted octanol–water partition coefficient (Wildman–Crippen LogP) is 3.70. The molecule has 0 radical (unpaired) electrons. The van der Waals surface area contributed by atoms with Crippen LogP contribution in [-0.4, -0.2) is 11.3 Å². The number of benzene rings is 4. The van der Waals surface area contributed by atoms with Gasteiger partial charge in [0.2, 0.25) is 0 Å². The van der Waals surface area contributed by atoms with Crippen LogP contribution in [0.2, 0.25) is 0 Å². The van der Waals surface area contributed by atoms with E-state index < -0.39 is 0 Å². The lowest BCUT2D eigenvalue weighted by molar-refractivity contribution is 0.464. The number of nitriles is 1. The van der Waals surface area contributed by atoms with Crippen molar-refractivity contribution in [2.45, 2.75) is 0 Å². The first-order valence-electron chi connectivity index (χ1n) is 9.97. The molecule has 0 fully saturated rings. The Morgan fingerprint density at radius 2 is 1.33 bits per heavy atom. The van der Waals surface area contributed by atoms with E-state index in [4.69, 9.17) is 9.47 Å². The Bertz CT molecular complexity index is 1660. The number of ether oxygens (including phenoxy) is 2. The number of hydrogen-bond donors (Lipinski definition) is 0. The fraction of sp³-hybridized carbons (Fsp3) is 0. The fourth-order valence-electron chi connectivity index (χ4n) is 5.62. The molecule has 4 heterocycles. The van der Waals surface area contributed by atoms with Gasteiger partial charge < -0.3 is 14.0 Å². The van der Waals surface area contributed by atoms with Gasteiger partial charge in [-0.1, -0.05) is 24.3 Å². The van der Waals surface area contributed by atoms with Crippen LogP contribution in [0.4, 0.5) is 0 Å². The molecule has 0 N–H and O–H groups in total. The Kier molecular flexibility index (Phi) is 2.31. The third kappa shape index (κ3) is 1.44. The number of nitrogens with zero attached hydrogens (tertiary/aromatic N) is 2. The molecule has 1 aromatic heterocycles. The van der Waals surface area contributed by atoms with Crippen LogP contribution in [0.1, 0.15) is 5.56 Å². The first kappa shape index (κ1) is 14.8. The summed E-state index contributed by atoms with van der Waals surface area (Å²) in [6.07, 6.45) is 0. The van der Waals surface area contributed by atoms with Crippen molar-refractivity contribution in [2.75, 3.05) is 0 Å². The van der Waals surface area contributed by atoms with Crippen molar-refractivity contribution < 1.29 is 9.47 Å². The van der Waals surface area contributed by atoms with Crippen LogP contribution in [0.25, 0.3) is 27.5 Å². The minimum atomic E-state index is 0.0611. The predicted molar refractivity (Wildman–Crippen MR) is 117 cm³/mol. The molecule has 0 aliphatic carbocycles. The highest BCUT2D eigenvalue weighted by molar-refractivity contribution is 7.00. The second-order valence-corrected chi connectivity index (χ2v) is 8.02. The Balaban J connectivity index is 1.70. The average molecular weight is 382 g/mol. The Labute approximate surface area is 171 Å². The van der Waals surface area contributed by atoms with Crippen LogP contribution in [0, 0.1) is 11.3 Å². The third-order valence-corrected chi connectivity index (χ3v) is 6.69. The van der Waals surface area contributed by atoms with E-state index in [-0.39, 0.29) is 6.71 Å². The highest BCUT2D eigenvalue weighted by Crippen LogP contribution is 2.43. The lowest BCUT2D eigenvalue weighted by Crippen LogP contribution is -2.60. The van der Waals surface area contributed by atoms with Crippen molar-refractivity contribution >= 4 is 44.9 Å². The van der Waals surface area contributed by atoms with Gasteiger partial charge in [0.05, 0.1) is 16.6 Å². The van der Waals surface area contributed by atoms with Crippen molar-refractivity contribution in [1.82, 2.24) is 4.57 Å². The largest absolute Gasteiger partial charge is 0.458 e. The molecule has 0 atom stereocenters. The van der Waals surface area contributed by atoms with Crippen molar-refractivity contribution in [3.05, 3.63) is 72.3 Å². The van der Waals surface area contributed by atoms with Crippen LogP contribution in [0.5, 0.6) is 23.0 Å². The molecule has 0 spiro atoms. The smallest absolute Gasteiger partial charge is 0.266 e. The maximum atomic E-state index is 9.86. The molecule has 4 nitrogen and oxygen atoms in total. The Morgan fingerprint density at radius 1 is 0.667 bits per heavy atom. The molecule has 0 bridgehead atoms. The van der Waals surface area contributed by atoms with E-state index in [1.54, 1.807) is 0 Å². The standard InChI is InChI=1S/C25H11BN2O2/c27-12-13-4-1-5-14-15-10-11-20-23-25(15)28(24(13)14)16-6-2-7-17-21(16)26(23)22-18(29-17)8-3-9-19(22)30-20/h1-11H. The molecule has 5 aromatic rings. The topological polar surface area (TPSA) is 47.2 Å². The average Bonchev–Trinajstić information content (AvgIpc) is 3.13. The highest BCUT2D eigenvalue weighted by atomic mass is 16.5. The van der Waals surface area contributed by atoms with Gasteiger partial charge in [-0.2, -0.15) is 5.26 Å². The molecule has 0 saturated heterocycles. The van der Waals surface area contributed by atoms with Gasteiger partial charge in [-0.05, 0) is 53.4 Å². The van der Waals surface area contributed by atoms with Gasteiger partial charge in [0.1, 0.15) is 29.1 Å². The molecular weight excluding hydrogens is 371 g/mol. The lowest BCUT2D eigenvalue weighted by atomic mass is 9.33. The molecule has 4 aromatic carbocycles. The number of aromatic nitrogens is 1. The number of para-hydroxylation sites is 1. The maximum Gasteiger partial charge on any atom is 0.266 e. The van der Waals surface area contributed by atoms with Crippen LogP contribution in [-0.2, 0) is 0 Å².